The second-order valence-electron chi connectivity index (χ2n) is 0.0825. The number of hydrogen-bond donors (Lipinski definition) is 0. The van der Waals surface area contributed by atoms with Gasteiger partial charge in [0, 0.05) is 0 Å². The van der Waals surface area contributed by atoms with Crippen LogP contribution < -0.4 is 0 Å². The Morgan fingerprint density at radius 1 is 0.875 bits per heavy atom. The summed E-state index contributed by atoms with van der Waals surface area (Å²) in [6, 6.07) is 0. The van der Waals surface area contributed by atoms with E-state index in [4.69, 9.17) is 0 Å². The topological polar surface area (TPSA) is 0 Å². The maximum Gasteiger partial charge on any atom is -0.358 e. The summed E-state index contributed by atoms with van der Waals surface area (Å²) in [4.78, 5) is 0. The summed E-state index contributed by atoms with van der Waals surface area (Å²) in [6.45, 7) is 0. The van der Waals surface area contributed by atoms with Gasteiger partial charge >= 0.3 is 68.2 Å². The second-order valence-corrected chi connectivity index (χ2v) is 6.68. The molecule has 0 saturated heterocycles. The van der Waals surface area contributed by atoms with Gasteiger partial charge in [0.05, 0.1) is 0 Å². The molecule has 8 heavy (non-hydrogen) atoms. The maximum atomic E-state index is 3.15. The fraction of sp³-hybridized carbons (Fsp3) is 0. The molecule has 0 spiro atoms. The van der Waals surface area contributed by atoms with Crippen LogP contribution in [-0.2, 0) is 0 Å². The molecule has 0 saturated carbocycles. The predicted octanol–water partition coefficient (Wildman–Crippen LogP) is 3.13. The van der Waals surface area contributed by atoms with Gasteiger partial charge in [-0.15, -0.1) is 0 Å². The van der Waals surface area contributed by atoms with Gasteiger partial charge in [0.1, 0.15) is 0 Å². The van der Waals surface area contributed by atoms with Crippen LogP contribution in [0.25, 0.3) is 0 Å². The Hall–Kier alpha value is 2.50. The van der Waals surface area contributed by atoms with Crippen LogP contribution in [0.15, 0.2) is 0 Å². The van der Waals surface area contributed by atoms with E-state index in [1.54, 1.807) is 0 Å². The molecule has 0 amide bonds. The Morgan fingerprint density at radius 2 is 0.875 bits per heavy atom. The van der Waals surface area contributed by atoms with Crippen molar-refractivity contribution in [3.05, 3.63) is 22.3 Å². The van der Waals surface area contributed by atoms with Crippen LogP contribution in [-0.4, -0.2) is 26.0 Å². The molecule has 0 aromatic rings. The minimum atomic E-state index is 0. The van der Waals surface area contributed by atoms with E-state index < -0.39 is 0 Å². The molecule has 0 unspecified atom stereocenters. The molecule has 5 heteroatoms. The molecule has 0 fully saturated rings. The summed E-state index contributed by atoms with van der Waals surface area (Å²) in [7, 11) is 0. The fourth-order valence-electron chi connectivity index (χ4n) is 0. The van der Waals surface area contributed by atoms with Gasteiger partial charge in [0.2, 0.25) is 0 Å². The largest absolute Gasteiger partial charge is 0.358 e. The van der Waals surface area contributed by atoms with Crippen molar-refractivity contribution in [3.8, 4) is 0 Å². The van der Waals surface area contributed by atoms with Crippen LogP contribution in [0.4, 0.5) is 0 Å². The third kappa shape index (κ3) is 76.3. The quantitative estimate of drug-likeness (QED) is 0.470. The van der Waals surface area contributed by atoms with Crippen LogP contribution in [0, 0.1) is 22.3 Å². The first-order chi connectivity index (χ1) is 2.41. The standard InChI is InChI=1S/3CH3.2Al.3BrH/h3*1H3;;;3*1H/q3*-1;2*+3;;;/p-3. The molecule has 0 aromatic carbocycles. The first kappa shape index (κ1) is 31.3. The van der Waals surface area contributed by atoms with E-state index in [-0.39, 0.29) is 22.3 Å². The summed E-state index contributed by atoms with van der Waals surface area (Å²) in [5, 5.41) is 0. The molecular weight excluding hydrogens is 330 g/mol. The first-order valence-corrected chi connectivity index (χ1v) is 10.2. The van der Waals surface area contributed by atoms with Crippen LogP contribution in [0.5, 0.6) is 0 Å². The van der Waals surface area contributed by atoms with Gasteiger partial charge in [0.25, 0.3) is 0 Å². The van der Waals surface area contributed by atoms with Crippen LogP contribution in [0.1, 0.15) is 0 Å². The Kier molecular flexibility index (Phi) is 219. The van der Waals surface area contributed by atoms with Crippen molar-refractivity contribution in [2.24, 2.45) is 0 Å². The number of rotatable bonds is 0. The molecule has 48 valence electrons. The van der Waals surface area contributed by atoms with E-state index in [1.807, 2.05) is 0 Å². The second kappa shape index (κ2) is 56.0. The molecule has 0 rings (SSSR count). The molecule has 0 aliphatic heterocycles. The normalized spacial score (nSPS) is 2.12. The summed E-state index contributed by atoms with van der Waals surface area (Å²) < 4.78 is 0. The monoisotopic (exact) mass is 336 g/mol. The zero-order valence-corrected chi connectivity index (χ0v) is 12.4. The summed E-state index contributed by atoms with van der Waals surface area (Å²) in [6.07, 6.45) is 0. The molecule has 0 N–H and O–H groups in total. The SMILES string of the molecule is [Al+2][Br].[Br][Al+][Br].[CH3-].[CH3-].[CH3-]. The molecule has 0 aliphatic carbocycles. The van der Waals surface area contributed by atoms with E-state index in [0.29, 0.717) is 11.6 Å². The van der Waals surface area contributed by atoms with Crippen LogP contribution in [0.2, 0.25) is 0 Å². The number of hydrogen-bond acceptors (Lipinski definition) is 0. The van der Waals surface area contributed by atoms with Gasteiger partial charge in [-0.05, 0) is 0 Å². The van der Waals surface area contributed by atoms with Crippen LogP contribution in [0.3, 0.4) is 0 Å². The smallest absolute Gasteiger partial charge is 0.358 e. The maximum absolute atomic E-state index is 3.15. The molecular formula is C3H9Al2Br3. The van der Waals surface area contributed by atoms with E-state index >= 15 is 0 Å². The third-order valence-electron chi connectivity index (χ3n) is 0. The van der Waals surface area contributed by atoms with Crippen molar-refractivity contribution in [1.82, 2.24) is 0 Å². The molecule has 0 nitrogen and oxygen atoms in total. The van der Waals surface area contributed by atoms with Crippen molar-refractivity contribution in [2.45, 2.75) is 0 Å². The predicted molar refractivity (Wildman–Crippen MR) is 57.5 cm³/mol. The van der Waals surface area contributed by atoms with Gasteiger partial charge in [-0.1, -0.05) is 0 Å². The molecule has 0 aliphatic rings. The molecule has 0 aromatic heterocycles. The van der Waals surface area contributed by atoms with E-state index in [1.165, 1.54) is 0 Å². The van der Waals surface area contributed by atoms with Crippen molar-refractivity contribution >= 4 is 68.2 Å². The zero-order valence-electron chi connectivity index (χ0n) is 5.29. The molecule has 0 radical (unpaired) electrons. The summed E-state index contributed by atoms with van der Waals surface area (Å²) >= 11 is 11.8. The average Bonchev–Trinajstić information content (AvgIpc) is 1.46. The van der Waals surface area contributed by atoms with Crippen molar-refractivity contribution in [1.29, 1.82) is 0 Å². The van der Waals surface area contributed by atoms with Gasteiger partial charge in [-0.25, -0.2) is 0 Å². The minimum Gasteiger partial charge on any atom is -0.358 e. The van der Waals surface area contributed by atoms with Crippen molar-refractivity contribution in [2.75, 3.05) is 0 Å². The van der Waals surface area contributed by atoms with Gasteiger partial charge in [-0.2, -0.15) is 0 Å². The summed E-state index contributed by atoms with van der Waals surface area (Å²) in [5.74, 6) is 0. The molecule has 0 atom stereocenters. The molecule has 0 heterocycles. The zero-order chi connectivity index (χ0) is 4.71. The third-order valence-corrected chi connectivity index (χ3v) is 0. The minimum absolute atomic E-state index is 0. The van der Waals surface area contributed by atoms with Crippen molar-refractivity contribution < 1.29 is 0 Å². The fourth-order valence-corrected chi connectivity index (χ4v) is 0. The Labute approximate surface area is 89.3 Å². The molecule has 0 bridgehead atoms. The Balaban J connectivity index is -0.00000000567. The first-order valence-electron chi connectivity index (χ1n) is 0.655. The summed E-state index contributed by atoms with van der Waals surface area (Å²) in [5.41, 5.74) is 0. The Morgan fingerprint density at radius 3 is 0.875 bits per heavy atom. The van der Waals surface area contributed by atoms with Crippen LogP contribution >= 0.6 is 42.2 Å². The Bertz CT molecular complexity index is 12.5. The van der Waals surface area contributed by atoms with E-state index in [9.17, 15) is 0 Å². The van der Waals surface area contributed by atoms with Gasteiger partial charge in [0.15, 0.2) is 0 Å². The van der Waals surface area contributed by atoms with Gasteiger partial charge < -0.3 is 22.3 Å². The van der Waals surface area contributed by atoms with E-state index in [2.05, 4.69) is 56.6 Å². The van der Waals surface area contributed by atoms with E-state index in [0.717, 1.165) is 0 Å². The van der Waals surface area contributed by atoms with Crippen molar-refractivity contribution in [3.63, 3.8) is 0 Å². The number of halogens is 3. The van der Waals surface area contributed by atoms with Gasteiger partial charge in [-0.3, -0.25) is 0 Å². The average molecular weight is 339 g/mol.